The average Bonchev–Trinajstić information content (AvgIpc) is 2.97. The molecule has 0 aliphatic heterocycles. The second kappa shape index (κ2) is 19.2. The van der Waals surface area contributed by atoms with Crippen LogP contribution in [0.5, 0.6) is 0 Å². The Morgan fingerprint density at radius 2 is 0.936 bits per heavy atom. The van der Waals surface area contributed by atoms with E-state index in [4.69, 9.17) is 23.2 Å². The van der Waals surface area contributed by atoms with Gasteiger partial charge in [-0.25, -0.2) is 8.78 Å². The summed E-state index contributed by atoms with van der Waals surface area (Å²) in [7, 11) is 0. The Bertz CT molecular complexity index is 1500. The van der Waals surface area contributed by atoms with E-state index < -0.39 is 11.7 Å². The average molecular weight is 696 g/mol. The first-order valence-electron chi connectivity index (χ1n) is 15.8. The van der Waals surface area contributed by atoms with Crippen LogP contribution in [-0.2, 0) is 6.18 Å². The SMILES string of the molecule is CC(C)c1ccc(C(F)(F)F)c(Cl)c1.Cc1cc(C(C)C)ccc1Cl.Cc1cc(C(C)C)ccc1F.Cc1ccc(F)c(C(C)C)c1. The van der Waals surface area contributed by atoms with Gasteiger partial charge >= 0.3 is 6.18 Å². The molecule has 0 heterocycles. The minimum Gasteiger partial charge on any atom is -0.207 e. The predicted octanol–water partition coefficient (Wildman–Crippen LogP) is 14.8. The van der Waals surface area contributed by atoms with Gasteiger partial charge in [0, 0.05) is 5.02 Å². The third-order valence-corrected chi connectivity index (χ3v) is 8.17. The van der Waals surface area contributed by atoms with Crippen molar-refractivity contribution in [3.8, 4) is 0 Å². The zero-order valence-electron chi connectivity index (χ0n) is 29.4. The van der Waals surface area contributed by atoms with Crippen molar-refractivity contribution in [2.24, 2.45) is 0 Å². The molecule has 7 heteroatoms. The monoisotopic (exact) mass is 694 g/mol. The summed E-state index contributed by atoms with van der Waals surface area (Å²) < 4.78 is 62.7. The van der Waals surface area contributed by atoms with Gasteiger partial charge in [-0.2, -0.15) is 13.2 Å². The number of benzene rings is 4. The first-order chi connectivity index (χ1) is 21.6. The molecule has 0 bridgehead atoms. The molecular weight excluding hydrogens is 646 g/mol. The van der Waals surface area contributed by atoms with Crippen LogP contribution in [0.15, 0.2) is 72.8 Å². The Hall–Kier alpha value is -2.89. The molecule has 47 heavy (non-hydrogen) atoms. The van der Waals surface area contributed by atoms with Crippen molar-refractivity contribution in [3.05, 3.63) is 139 Å². The lowest BCUT2D eigenvalue weighted by molar-refractivity contribution is -0.137. The molecule has 4 rings (SSSR count). The maximum atomic E-state index is 13.0. The van der Waals surface area contributed by atoms with Crippen LogP contribution in [0.4, 0.5) is 22.0 Å². The predicted molar refractivity (Wildman–Crippen MR) is 191 cm³/mol. The van der Waals surface area contributed by atoms with Crippen LogP contribution in [0.2, 0.25) is 10.0 Å². The summed E-state index contributed by atoms with van der Waals surface area (Å²) in [5.41, 5.74) is 6.41. The molecule has 0 saturated heterocycles. The van der Waals surface area contributed by atoms with Crippen molar-refractivity contribution in [2.45, 2.75) is 106 Å². The van der Waals surface area contributed by atoms with Gasteiger partial charge in [-0.1, -0.05) is 127 Å². The zero-order valence-corrected chi connectivity index (χ0v) is 30.9. The van der Waals surface area contributed by atoms with E-state index >= 15 is 0 Å². The molecule has 4 aromatic carbocycles. The summed E-state index contributed by atoms with van der Waals surface area (Å²) in [4.78, 5) is 0. The number of rotatable bonds is 4. The third kappa shape index (κ3) is 14.4. The minimum atomic E-state index is -4.37. The summed E-state index contributed by atoms with van der Waals surface area (Å²) in [6.45, 7) is 22.2. The first kappa shape index (κ1) is 42.1. The van der Waals surface area contributed by atoms with Gasteiger partial charge in [0.15, 0.2) is 0 Å². The third-order valence-electron chi connectivity index (χ3n) is 7.44. The lowest BCUT2D eigenvalue weighted by atomic mass is 10.0. The van der Waals surface area contributed by atoms with E-state index in [1.54, 1.807) is 13.0 Å². The van der Waals surface area contributed by atoms with Crippen LogP contribution in [0.3, 0.4) is 0 Å². The fourth-order valence-corrected chi connectivity index (χ4v) is 4.69. The Morgan fingerprint density at radius 3 is 1.34 bits per heavy atom. The van der Waals surface area contributed by atoms with E-state index in [1.165, 1.54) is 35.4 Å². The molecule has 0 unspecified atom stereocenters. The maximum Gasteiger partial charge on any atom is 0.417 e. The number of hydrogen-bond acceptors (Lipinski definition) is 0. The second-order valence-electron chi connectivity index (χ2n) is 12.9. The highest BCUT2D eigenvalue weighted by Gasteiger charge is 2.33. The van der Waals surface area contributed by atoms with Gasteiger partial charge in [0.1, 0.15) is 11.6 Å². The van der Waals surface area contributed by atoms with Crippen molar-refractivity contribution in [2.75, 3.05) is 0 Å². The van der Waals surface area contributed by atoms with E-state index in [0.717, 1.165) is 38.9 Å². The van der Waals surface area contributed by atoms with E-state index in [-0.39, 0.29) is 28.5 Å². The largest absolute Gasteiger partial charge is 0.417 e. The van der Waals surface area contributed by atoms with E-state index in [0.29, 0.717) is 11.8 Å². The molecule has 0 aliphatic rings. The molecule has 0 nitrogen and oxygen atoms in total. The fraction of sp³-hybridized carbons (Fsp3) is 0.400. The Morgan fingerprint density at radius 1 is 0.489 bits per heavy atom. The van der Waals surface area contributed by atoms with Crippen LogP contribution in [-0.4, -0.2) is 0 Å². The standard InChI is InChI=1S/C10H10ClF3.C10H13Cl.2C10H13F/c1-6(2)7-3-4-8(9(11)5-7)10(12,13)14;2*1-7(2)9-4-5-10(11)8(3)6-9;1-7(2)9-6-8(3)4-5-10(9)11/h3-6H,1-2H3;3*4-7H,1-3H3. The smallest absolute Gasteiger partial charge is 0.207 e. The van der Waals surface area contributed by atoms with Gasteiger partial charge in [0.2, 0.25) is 0 Å². The van der Waals surface area contributed by atoms with Crippen molar-refractivity contribution < 1.29 is 22.0 Å². The summed E-state index contributed by atoms with van der Waals surface area (Å²) in [5.74, 6) is 1.31. The quantitative estimate of drug-likeness (QED) is 0.187. The van der Waals surface area contributed by atoms with Gasteiger partial charge in [-0.05, 0) is 108 Å². The lowest BCUT2D eigenvalue weighted by Gasteiger charge is -2.11. The van der Waals surface area contributed by atoms with E-state index in [2.05, 4.69) is 39.8 Å². The normalized spacial score (nSPS) is 11.1. The summed E-state index contributed by atoms with van der Waals surface area (Å²) in [5, 5.41) is 0.623. The highest BCUT2D eigenvalue weighted by atomic mass is 35.5. The van der Waals surface area contributed by atoms with Gasteiger partial charge in [0.25, 0.3) is 0 Å². The number of alkyl halides is 3. The summed E-state index contributed by atoms with van der Waals surface area (Å²) in [6, 6.07) is 20.6. The van der Waals surface area contributed by atoms with Crippen LogP contribution < -0.4 is 0 Å². The Labute approximate surface area is 289 Å². The molecule has 0 saturated carbocycles. The van der Waals surface area contributed by atoms with E-state index in [1.807, 2.05) is 65.8 Å². The summed E-state index contributed by atoms with van der Waals surface area (Å²) in [6.07, 6.45) is -4.37. The molecule has 0 spiro atoms. The molecule has 0 fully saturated rings. The van der Waals surface area contributed by atoms with Crippen molar-refractivity contribution in [1.82, 2.24) is 0 Å². The summed E-state index contributed by atoms with van der Waals surface area (Å²) >= 11 is 11.4. The second-order valence-corrected chi connectivity index (χ2v) is 13.7. The Balaban J connectivity index is 0.000000315. The molecule has 258 valence electrons. The topological polar surface area (TPSA) is 0 Å². The molecular formula is C40H49Cl2F5. The molecule has 0 amide bonds. The highest BCUT2D eigenvalue weighted by molar-refractivity contribution is 6.31. The van der Waals surface area contributed by atoms with Gasteiger partial charge in [-0.3, -0.25) is 0 Å². The van der Waals surface area contributed by atoms with Crippen LogP contribution >= 0.6 is 23.2 Å². The molecule has 0 aromatic heterocycles. The first-order valence-corrected chi connectivity index (χ1v) is 16.6. The Kier molecular flexibility index (Phi) is 17.2. The zero-order chi connectivity index (χ0) is 36.2. The molecule has 0 N–H and O–H groups in total. The molecule has 0 aliphatic carbocycles. The number of hydrogen-bond donors (Lipinski definition) is 0. The number of aryl methyl sites for hydroxylation is 3. The van der Waals surface area contributed by atoms with Gasteiger partial charge in [-0.15, -0.1) is 0 Å². The fourth-order valence-electron chi connectivity index (χ4n) is 4.28. The minimum absolute atomic E-state index is 0.0920. The van der Waals surface area contributed by atoms with Crippen LogP contribution in [0.25, 0.3) is 0 Å². The highest BCUT2D eigenvalue weighted by Crippen LogP contribution is 2.36. The van der Waals surface area contributed by atoms with Crippen LogP contribution in [0, 0.1) is 32.4 Å². The molecule has 4 aromatic rings. The van der Waals surface area contributed by atoms with Crippen molar-refractivity contribution in [3.63, 3.8) is 0 Å². The van der Waals surface area contributed by atoms with Gasteiger partial charge in [0.05, 0.1) is 10.6 Å². The lowest BCUT2D eigenvalue weighted by Crippen LogP contribution is -2.06. The number of halogens is 7. The maximum absolute atomic E-state index is 13.0. The van der Waals surface area contributed by atoms with Gasteiger partial charge < -0.3 is 0 Å². The molecule has 0 radical (unpaired) electrons. The van der Waals surface area contributed by atoms with E-state index in [9.17, 15) is 22.0 Å². The van der Waals surface area contributed by atoms with Crippen molar-refractivity contribution in [1.29, 1.82) is 0 Å². The van der Waals surface area contributed by atoms with Crippen LogP contribution in [0.1, 0.15) is 124 Å². The molecule has 0 atom stereocenters. The van der Waals surface area contributed by atoms with Crippen molar-refractivity contribution >= 4 is 23.2 Å².